The zero-order chi connectivity index (χ0) is 21.8. The van der Waals surface area contributed by atoms with Gasteiger partial charge in [0.1, 0.15) is 5.82 Å². The molecule has 3 aromatic rings. The Kier molecular flexibility index (Phi) is 6.26. The van der Waals surface area contributed by atoms with Gasteiger partial charge in [-0.05, 0) is 80.5 Å². The molecule has 0 bridgehead atoms. The van der Waals surface area contributed by atoms with Gasteiger partial charge >= 0.3 is 0 Å². The van der Waals surface area contributed by atoms with Crippen LogP contribution in [0.25, 0.3) is 11.3 Å². The van der Waals surface area contributed by atoms with Crippen molar-refractivity contribution in [1.82, 2.24) is 19.6 Å². The molecule has 4 rings (SSSR count). The minimum atomic E-state index is -3.56. The van der Waals surface area contributed by atoms with E-state index in [2.05, 4.69) is 20.6 Å². The van der Waals surface area contributed by atoms with Crippen molar-refractivity contribution < 1.29 is 12.8 Å². The Hall–Kier alpha value is -2.88. The first-order chi connectivity index (χ1) is 14.9. The molecule has 1 aliphatic rings. The lowest BCUT2D eigenvalue weighted by Gasteiger charge is -2.30. The Morgan fingerprint density at radius 1 is 1.03 bits per heavy atom. The highest BCUT2D eigenvalue weighted by Gasteiger charge is 2.28. The first-order valence-electron chi connectivity index (χ1n) is 10.1. The van der Waals surface area contributed by atoms with Crippen molar-refractivity contribution in [3.8, 4) is 11.3 Å². The third kappa shape index (κ3) is 4.90. The number of nitrogens with zero attached hydrogens (tertiary/aromatic N) is 3. The molecule has 1 aromatic heterocycles. The van der Waals surface area contributed by atoms with Gasteiger partial charge in [0.05, 0.1) is 10.6 Å². The van der Waals surface area contributed by atoms with Crippen molar-refractivity contribution in [3.05, 3.63) is 66.6 Å². The van der Waals surface area contributed by atoms with Crippen LogP contribution in [0.15, 0.2) is 65.7 Å². The summed E-state index contributed by atoms with van der Waals surface area (Å²) in [6.45, 7) is 1.65. The van der Waals surface area contributed by atoms with Gasteiger partial charge in [-0.15, -0.1) is 0 Å². The molecule has 0 spiro atoms. The SMILES string of the molecule is CN(C1CCNCC1)S(=O)(=O)c1ccc(Nc2nccc(-c3ccc(F)cc3)n2)cc1. The number of nitrogens with one attached hydrogen (secondary N) is 2. The number of sulfonamides is 1. The van der Waals surface area contributed by atoms with Crippen LogP contribution >= 0.6 is 0 Å². The first-order valence-corrected chi connectivity index (χ1v) is 11.5. The third-order valence-electron chi connectivity index (χ3n) is 5.41. The molecule has 9 heteroatoms. The molecule has 0 saturated carbocycles. The first kappa shape index (κ1) is 21.4. The number of halogens is 1. The Morgan fingerprint density at radius 2 is 1.71 bits per heavy atom. The van der Waals surface area contributed by atoms with Crippen LogP contribution in [-0.4, -0.2) is 48.9 Å². The standard InChI is InChI=1S/C22H24FN5O2S/c1-28(19-10-13-24-14-11-19)31(29,30)20-8-6-18(7-9-20)26-22-25-15-12-21(27-22)16-2-4-17(23)5-3-16/h2-9,12,15,19,24H,10-11,13-14H2,1H3,(H,25,26,27). The Labute approximate surface area is 181 Å². The summed E-state index contributed by atoms with van der Waals surface area (Å²) in [5, 5.41) is 6.33. The molecule has 1 saturated heterocycles. The van der Waals surface area contributed by atoms with Crippen molar-refractivity contribution in [2.75, 3.05) is 25.5 Å². The lowest BCUT2D eigenvalue weighted by Crippen LogP contribution is -2.43. The quantitative estimate of drug-likeness (QED) is 0.610. The molecule has 0 atom stereocenters. The molecule has 31 heavy (non-hydrogen) atoms. The summed E-state index contributed by atoms with van der Waals surface area (Å²) in [4.78, 5) is 8.91. The molecule has 2 heterocycles. The molecule has 0 amide bonds. The second-order valence-electron chi connectivity index (χ2n) is 7.42. The van der Waals surface area contributed by atoms with Crippen LogP contribution in [0.3, 0.4) is 0 Å². The van der Waals surface area contributed by atoms with Crippen LogP contribution in [-0.2, 0) is 10.0 Å². The van der Waals surface area contributed by atoms with Gasteiger partial charge in [-0.2, -0.15) is 4.31 Å². The molecule has 162 valence electrons. The van der Waals surface area contributed by atoms with E-state index in [-0.39, 0.29) is 16.8 Å². The predicted octanol–water partition coefficient (Wildman–Crippen LogP) is 3.40. The van der Waals surface area contributed by atoms with Gasteiger partial charge < -0.3 is 10.6 Å². The number of hydrogen-bond acceptors (Lipinski definition) is 6. The second-order valence-corrected chi connectivity index (χ2v) is 9.42. The highest BCUT2D eigenvalue weighted by molar-refractivity contribution is 7.89. The van der Waals surface area contributed by atoms with Gasteiger partial charge in [0.15, 0.2) is 0 Å². The summed E-state index contributed by atoms with van der Waals surface area (Å²) in [5.74, 6) is 0.0567. The van der Waals surface area contributed by atoms with E-state index in [1.165, 1.54) is 16.4 Å². The number of hydrogen-bond donors (Lipinski definition) is 2. The Morgan fingerprint density at radius 3 is 2.39 bits per heavy atom. The predicted molar refractivity (Wildman–Crippen MR) is 118 cm³/mol. The van der Waals surface area contributed by atoms with E-state index in [1.807, 2.05) is 0 Å². The molecule has 2 N–H and O–H groups in total. The van der Waals surface area contributed by atoms with E-state index in [4.69, 9.17) is 0 Å². The maximum absolute atomic E-state index is 13.1. The molecule has 0 radical (unpaired) electrons. The lowest BCUT2D eigenvalue weighted by molar-refractivity contribution is 0.296. The smallest absolute Gasteiger partial charge is 0.243 e. The van der Waals surface area contributed by atoms with Crippen molar-refractivity contribution in [2.45, 2.75) is 23.8 Å². The van der Waals surface area contributed by atoms with Crippen LogP contribution in [0.2, 0.25) is 0 Å². The summed E-state index contributed by atoms with van der Waals surface area (Å²) in [7, 11) is -1.91. The Bertz CT molecular complexity index is 1130. The van der Waals surface area contributed by atoms with E-state index in [0.29, 0.717) is 17.3 Å². The topological polar surface area (TPSA) is 87.2 Å². The fourth-order valence-electron chi connectivity index (χ4n) is 3.57. The summed E-state index contributed by atoms with van der Waals surface area (Å²) in [6.07, 6.45) is 3.22. The summed E-state index contributed by atoms with van der Waals surface area (Å²) in [5.41, 5.74) is 2.09. The zero-order valence-corrected chi connectivity index (χ0v) is 17.9. The normalized spacial score (nSPS) is 15.2. The Balaban J connectivity index is 1.48. The van der Waals surface area contributed by atoms with Gasteiger partial charge in [0.25, 0.3) is 0 Å². The molecule has 1 fully saturated rings. The van der Waals surface area contributed by atoms with Crippen molar-refractivity contribution in [2.24, 2.45) is 0 Å². The minimum absolute atomic E-state index is 0.00616. The summed E-state index contributed by atoms with van der Waals surface area (Å²) < 4.78 is 40.5. The molecule has 2 aromatic carbocycles. The molecular formula is C22H24FN5O2S. The van der Waals surface area contributed by atoms with E-state index >= 15 is 0 Å². The number of piperidine rings is 1. The number of rotatable bonds is 6. The maximum atomic E-state index is 13.1. The zero-order valence-electron chi connectivity index (χ0n) is 17.1. The maximum Gasteiger partial charge on any atom is 0.243 e. The van der Waals surface area contributed by atoms with Gasteiger partial charge in [0.2, 0.25) is 16.0 Å². The van der Waals surface area contributed by atoms with E-state index < -0.39 is 10.0 Å². The van der Waals surface area contributed by atoms with Crippen LogP contribution in [0.4, 0.5) is 16.0 Å². The van der Waals surface area contributed by atoms with Crippen LogP contribution < -0.4 is 10.6 Å². The average Bonchev–Trinajstić information content (AvgIpc) is 2.80. The third-order valence-corrected chi connectivity index (χ3v) is 7.33. The molecular weight excluding hydrogens is 417 g/mol. The van der Waals surface area contributed by atoms with Crippen LogP contribution in [0.5, 0.6) is 0 Å². The summed E-state index contributed by atoms with van der Waals surface area (Å²) in [6, 6.07) is 14.4. The van der Waals surface area contributed by atoms with Crippen LogP contribution in [0, 0.1) is 5.82 Å². The number of benzene rings is 2. The minimum Gasteiger partial charge on any atom is -0.324 e. The van der Waals surface area contributed by atoms with Gasteiger partial charge in [0, 0.05) is 30.5 Å². The highest BCUT2D eigenvalue weighted by atomic mass is 32.2. The van der Waals surface area contributed by atoms with Crippen molar-refractivity contribution in [3.63, 3.8) is 0 Å². The van der Waals surface area contributed by atoms with E-state index in [1.54, 1.807) is 55.7 Å². The lowest BCUT2D eigenvalue weighted by atomic mass is 10.1. The van der Waals surface area contributed by atoms with Gasteiger partial charge in [-0.1, -0.05) is 0 Å². The molecule has 1 aliphatic heterocycles. The monoisotopic (exact) mass is 441 g/mol. The van der Waals surface area contributed by atoms with Crippen molar-refractivity contribution in [1.29, 1.82) is 0 Å². The molecule has 0 unspecified atom stereocenters. The van der Waals surface area contributed by atoms with Crippen LogP contribution in [0.1, 0.15) is 12.8 Å². The molecule has 7 nitrogen and oxygen atoms in total. The number of aromatic nitrogens is 2. The molecule has 0 aliphatic carbocycles. The summed E-state index contributed by atoms with van der Waals surface area (Å²) >= 11 is 0. The fourth-order valence-corrected chi connectivity index (χ4v) is 4.99. The van der Waals surface area contributed by atoms with Gasteiger partial charge in [-0.3, -0.25) is 0 Å². The van der Waals surface area contributed by atoms with Crippen molar-refractivity contribution >= 4 is 21.7 Å². The average molecular weight is 442 g/mol. The van der Waals surface area contributed by atoms with E-state index in [9.17, 15) is 12.8 Å². The number of anilines is 2. The second kappa shape index (κ2) is 9.09. The fraction of sp³-hybridized carbons (Fsp3) is 0.273. The van der Waals surface area contributed by atoms with Gasteiger partial charge in [-0.25, -0.2) is 22.8 Å². The highest BCUT2D eigenvalue weighted by Crippen LogP contribution is 2.24. The largest absolute Gasteiger partial charge is 0.324 e. The van der Waals surface area contributed by atoms with E-state index in [0.717, 1.165) is 31.5 Å².